The predicted octanol–water partition coefficient (Wildman–Crippen LogP) is 4.02. The fourth-order valence-corrected chi connectivity index (χ4v) is 3.87. The number of hydrogen-bond donors (Lipinski definition) is 1. The van der Waals surface area contributed by atoms with Crippen molar-refractivity contribution in [2.45, 2.75) is 44.4 Å². The molecule has 23 heavy (non-hydrogen) atoms. The topological polar surface area (TPSA) is 52.3 Å². The van der Waals surface area contributed by atoms with Crippen molar-refractivity contribution >= 4 is 17.7 Å². The summed E-state index contributed by atoms with van der Waals surface area (Å²) in [6, 6.07) is 0.0860. The van der Waals surface area contributed by atoms with Crippen LogP contribution in [0.2, 0.25) is 0 Å². The van der Waals surface area contributed by atoms with Crippen LogP contribution in [-0.2, 0) is 9.53 Å². The Labute approximate surface area is 144 Å². The maximum Gasteiger partial charge on any atom is 0.333 e. The summed E-state index contributed by atoms with van der Waals surface area (Å²) in [5, 5.41) is 0.407. The van der Waals surface area contributed by atoms with Gasteiger partial charge < -0.3 is 10.5 Å². The second-order valence-electron chi connectivity index (χ2n) is 5.63. The van der Waals surface area contributed by atoms with Gasteiger partial charge in [0.2, 0.25) is 0 Å². The quantitative estimate of drug-likeness (QED) is 0.452. The van der Waals surface area contributed by atoms with Gasteiger partial charge in [-0.3, -0.25) is 0 Å². The van der Waals surface area contributed by atoms with Crippen LogP contribution in [0.5, 0.6) is 0 Å². The lowest BCUT2D eigenvalue weighted by Crippen LogP contribution is -2.35. The molecule has 2 N–H and O–H groups in total. The minimum atomic E-state index is -0.226. The molecule has 0 aromatic carbocycles. The molecular formula is C19H29NO2S. The van der Waals surface area contributed by atoms with Gasteiger partial charge >= 0.3 is 5.97 Å². The SMILES string of the molecule is C=CC1C(CC/C=C(/C)C(=O)OCC)SC/C=C\C=C/C[C@H]1N. The molecule has 1 aliphatic rings. The van der Waals surface area contributed by atoms with E-state index in [1.165, 1.54) is 0 Å². The molecule has 3 nitrogen and oxygen atoms in total. The molecule has 0 aromatic heterocycles. The van der Waals surface area contributed by atoms with E-state index in [1.54, 1.807) is 0 Å². The van der Waals surface area contributed by atoms with Crippen LogP contribution in [0.3, 0.4) is 0 Å². The molecule has 1 rings (SSSR count). The first-order valence-corrected chi connectivity index (χ1v) is 9.30. The van der Waals surface area contributed by atoms with Crippen LogP contribution in [0, 0.1) is 5.92 Å². The van der Waals surface area contributed by atoms with Crippen molar-refractivity contribution in [2.75, 3.05) is 12.4 Å². The van der Waals surface area contributed by atoms with E-state index in [0.717, 1.165) is 25.0 Å². The Morgan fingerprint density at radius 1 is 1.43 bits per heavy atom. The van der Waals surface area contributed by atoms with Gasteiger partial charge in [0, 0.05) is 28.5 Å². The Hall–Kier alpha value is -1.26. The molecule has 0 aromatic rings. The summed E-state index contributed by atoms with van der Waals surface area (Å²) >= 11 is 1.91. The molecule has 0 saturated heterocycles. The van der Waals surface area contributed by atoms with Gasteiger partial charge in [-0.2, -0.15) is 11.8 Å². The average Bonchev–Trinajstić information content (AvgIpc) is 2.53. The van der Waals surface area contributed by atoms with Crippen LogP contribution < -0.4 is 5.73 Å². The Morgan fingerprint density at radius 3 is 2.87 bits per heavy atom. The van der Waals surface area contributed by atoms with Crippen molar-refractivity contribution in [1.29, 1.82) is 0 Å². The van der Waals surface area contributed by atoms with Crippen LogP contribution in [0.15, 0.2) is 48.6 Å². The first-order valence-electron chi connectivity index (χ1n) is 8.25. The van der Waals surface area contributed by atoms with Crippen molar-refractivity contribution in [2.24, 2.45) is 11.7 Å². The van der Waals surface area contributed by atoms with E-state index in [9.17, 15) is 4.79 Å². The fraction of sp³-hybridized carbons (Fsp3) is 0.526. The van der Waals surface area contributed by atoms with E-state index in [4.69, 9.17) is 10.5 Å². The second kappa shape index (κ2) is 11.3. The highest BCUT2D eigenvalue weighted by molar-refractivity contribution is 8.00. The molecule has 0 spiro atoms. The molecule has 2 unspecified atom stereocenters. The van der Waals surface area contributed by atoms with Crippen molar-refractivity contribution in [3.05, 3.63) is 48.6 Å². The monoisotopic (exact) mass is 335 g/mol. The molecule has 1 aliphatic heterocycles. The van der Waals surface area contributed by atoms with Gasteiger partial charge in [-0.25, -0.2) is 4.79 Å². The highest BCUT2D eigenvalue weighted by Crippen LogP contribution is 2.29. The lowest BCUT2D eigenvalue weighted by Gasteiger charge is -2.28. The Morgan fingerprint density at radius 2 is 2.17 bits per heavy atom. The van der Waals surface area contributed by atoms with Crippen molar-refractivity contribution in [3.8, 4) is 0 Å². The van der Waals surface area contributed by atoms with Crippen molar-refractivity contribution in [1.82, 2.24) is 0 Å². The number of nitrogens with two attached hydrogens (primary N) is 1. The lowest BCUT2D eigenvalue weighted by atomic mass is 9.91. The summed E-state index contributed by atoms with van der Waals surface area (Å²) in [5.41, 5.74) is 7.02. The molecule has 0 aliphatic carbocycles. The zero-order valence-electron chi connectivity index (χ0n) is 14.2. The van der Waals surface area contributed by atoms with Crippen LogP contribution >= 0.6 is 11.8 Å². The molecule has 128 valence electrons. The van der Waals surface area contributed by atoms with Crippen LogP contribution in [0.25, 0.3) is 0 Å². The number of thioether (sulfide) groups is 1. The predicted molar refractivity (Wildman–Crippen MR) is 100 cm³/mol. The van der Waals surface area contributed by atoms with Crippen molar-refractivity contribution < 1.29 is 9.53 Å². The Kier molecular flexibility index (Phi) is 9.72. The molecule has 0 radical (unpaired) electrons. The number of allylic oxidation sites excluding steroid dienone is 3. The summed E-state index contributed by atoms with van der Waals surface area (Å²) in [7, 11) is 0. The van der Waals surface area contributed by atoms with Gasteiger partial charge in [-0.05, 0) is 33.1 Å². The largest absolute Gasteiger partial charge is 0.463 e. The standard InChI is InChI=1S/C19H29NO2S/c1-4-16-17(20)12-8-6-7-9-14-23-18(16)13-10-11-15(3)19(21)22-5-2/h4,6-9,11,16-18H,1,5,10,12-14,20H2,2-3H3/b8-6-,9-7-,15-11-/t16?,17-,18?/m1/s1. The zero-order chi connectivity index (χ0) is 17.1. The van der Waals surface area contributed by atoms with E-state index in [1.807, 2.05) is 37.8 Å². The summed E-state index contributed by atoms with van der Waals surface area (Å²) in [6.07, 6.45) is 15.1. The summed E-state index contributed by atoms with van der Waals surface area (Å²) in [4.78, 5) is 11.6. The zero-order valence-corrected chi connectivity index (χ0v) is 15.1. The third-order valence-corrected chi connectivity index (χ3v) is 5.26. The molecule has 0 saturated carbocycles. The van der Waals surface area contributed by atoms with E-state index < -0.39 is 0 Å². The van der Waals surface area contributed by atoms with Crippen molar-refractivity contribution in [3.63, 3.8) is 0 Å². The third kappa shape index (κ3) is 7.23. The molecule has 0 bridgehead atoms. The molecular weight excluding hydrogens is 306 g/mol. The van der Waals surface area contributed by atoms with Crippen LogP contribution in [0.4, 0.5) is 0 Å². The number of carbonyl (C=O) groups is 1. The fourth-order valence-electron chi connectivity index (χ4n) is 2.57. The molecule has 4 heteroatoms. The normalized spacial score (nSPS) is 28.7. The highest BCUT2D eigenvalue weighted by Gasteiger charge is 2.24. The lowest BCUT2D eigenvalue weighted by molar-refractivity contribution is -0.138. The number of esters is 1. The van der Waals surface area contributed by atoms with Crippen LogP contribution in [-0.4, -0.2) is 29.6 Å². The molecule has 0 amide bonds. The summed E-state index contributed by atoms with van der Waals surface area (Å²) in [5.74, 6) is 1.01. The van der Waals surface area contributed by atoms with Gasteiger partial charge in [0.15, 0.2) is 0 Å². The number of carbonyl (C=O) groups excluding carboxylic acids is 1. The van der Waals surface area contributed by atoms with E-state index >= 15 is 0 Å². The molecule has 3 atom stereocenters. The second-order valence-corrected chi connectivity index (χ2v) is 6.90. The summed E-state index contributed by atoms with van der Waals surface area (Å²) in [6.45, 7) is 8.02. The highest BCUT2D eigenvalue weighted by atomic mass is 32.2. The Bertz CT molecular complexity index is 468. The van der Waals surface area contributed by atoms with Gasteiger partial charge in [0.25, 0.3) is 0 Å². The maximum atomic E-state index is 11.6. The van der Waals surface area contributed by atoms with Gasteiger partial charge in [-0.1, -0.05) is 36.5 Å². The average molecular weight is 336 g/mol. The van der Waals surface area contributed by atoms with Gasteiger partial charge in [0.05, 0.1) is 6.61 Å². The number of ether oxygens (including phenoxy) is 1. The summed E-state index contributed by atoms with van der Waals surface area (Å²) < 4.78 is 5.01. The number of hydrogen-bond acceptors (Lipinski definition) is 4. The molecule has 1 heterocycles. The van der Waals surface area contributed by atoms with E-state index in [-0.39, 0.29) is 17.9 Å². The van der Waals surface area contributed by atoms with Gasteiger partial charge in [-0.15, -0.1) is 6.58 Å². The molecule has 0 fully saturated rings. The maximum absolute atomic E-state index is 11.6. The first kappa shape index (κ1) is 19.8. The first-order chi connectivity index (χ1) is 11.1. The minimum absolute atomic E-state index is 0.0860. The Balaban J connectivity index is 2.67. The smallest absolute Gasteiger partial charge is 0.333 e. The van der Waals surface area contributed by atoms with Gasteiger partial charge in [0.1, 0.15) is 0 Å². The van der Waals surface area contributed by atoms with E-state index in [2.05, 4.69) is 30.9 Å². The third-order valence-electron chi connectivity index (χ3n) is 3.89. The number of rotatable bonds is 6. The van der Waals surface area contributed by atoms with Crippen LogP contribution in [0.1, 0.15) is 33.1 Å². The minimum Gasteiger partial charge on any atom is -0.463 e. The van der Waals surface area contributed by atoms with E-state index in [0.29, 0.717) is 17.4 Å².